The van der Waals surface area contributed by atoms with Crippen molar-refractivity contribution >= 4 is 23.2 Å². The Morgan fingerprint density at radius 1 is 1.38 bits per heavy atom. The molecule has 1 aliphatic heterocycles. The fraction of sp³-hybridized carbons (Fsp3) is 0.438. The zero-order valence-corrected chi connectivity index (χ0v) is 14.3. The number of carbonyl (C=O) groups excluding carboxylic acids is 2. The molecule has 0 saturated carbocycles. The van der Waals surface area contributed by atoms with Crippen LogP contribution in [-0.4, -0.2) is 38.4 Å². The molecule has 2 aromatic rings. The van der Waals surface area contributed by atoms with Gasteiger partial charge in [-0.2, -0.15) is 0 Å². The van der Waals surface area contributed by atoms with E-state index >= 15 is 0 Å². The van der Waals surface area contributed by atoms with Gasteiger partial charge in [0.05, 0.1) is 24.7 Å². The summed E-state index contributed by atoms with van der Waals surface area (Å²) >= 11 is 1.50. The van der Waals surface area contributed by atoms with Gasteiger partial charge in [0.1, 0.15) is 10.0 Å². The number of pyridine rings is 1. The first-order chi connectivity index (χ1) is 11.7. The molecule has 0 aliphatic carbocycles. The van der Waals surface area contributed by atoms with E-state index in [-0.39, 0.29) is 24.2 Å². The van der Waals surface area contributed by atoms with Gasteiger partial charge in [0, 0.05) is 19.2 Å². The van der Waals surface area contributed by atoms with Crippen molar-refractivity contribution in [3.63, 3.8) is 0 Å². The maximum Gasteiger partial charge on any atom is 0.225 e. The van der Waals surface area contributed by atoms with Crippen molar-refractivity contribution in [2.45, 2.75) is 32.9 Å². The van der Waals surface area contributed by atoms with Gasteiger partial charge in [0.2, 0.25) is 11.8 Å². The molecular formula is C16H19N5O2S. The molecule has 0 aromatic carbocycles. The lowest BCUT2D eigenvalue weighted by atomic mass is 10.1. The molecule has 0 spiro atoms. The first-order valence-corrected chi connectivity index (χ1v) is 8.74. The van der Waals surface area contributed by atoms with E-state index in [0.717, 1.165) is 22.1 Å². The fourth-order valence-corrected chi connectivity index (χ4v) is 3.32. The van der Waals surface area contributed by atoms with E-state index < -0.39 is 0 Å². The molecule has 1 saturated heterocycles. The zero-order chi connectivity index (χ0) is 16.9. The van der Waals surface area contributed by atoms with Crippen LogP contribution in [0.15, 0.2) is 24.4 Å². The molecule has 1 atom stereocenters. The highest BCUT2D eigenvalue weighted by molar-refractivity contribution is 7.11. The third-order valence-corrected chi connectivity index (χ3v) is 4.96. The number of hydrogen-bond donors (Lipinski definition) is 1. The number of nitrogens with one attached hydrogen (secondary N) is 1. The third kappa shape index (κ3) is 3.94. The van der Waals surface area contributed by atoms with Gasteiger partial charge in [-0.25, -0.2) is 0 Å². The van der Waals surface area contributed by atoms with Gasteiger partial charge in [0.25, 0.3) is 0 Å². The summed E-state index contributed by atoms with van der Waals surface area (Å²) in [5.41, 5.74) is 0.827. The molecule has 1 fully saturated rings. The topological polar surface area (TPSA) is 88.1 Å². The second-order valence-electron chi connectivity index (χ2n) is 5.66. The average Bonchev–Trinajstić information content (AvgIpc) is 3.21. The Labute approximate surface area is 144 Å². The Morgan fingerprint density at radius 2 is 2.21 bits per heavy atom. The number of aromatic nitrogens is 3. The van der Waals surface area contributed by atoms with E-state index in [1.807, 2.05) is 25.1 Å². The van der Waals surface area contributed by atoms with Crippen LogP contribution in [0.3, 0.4) is 0 Å². The van der Waals surface area contributed by atoms with Crippen LogP contribution in [0.1, 0.15) is 29.1 Å². The molecule has 3 rings (SSSR count). The Hall–Kier alpha value is -2.35. The molecule has 2 amide bonds. The van der Waals surface area contributed by atoms with Gasteiger partial charge >= 0.3 is 0 Å². The molecule has 0 unspecified atom stereocenters. The minimum absolute atomic E-state index is 0.00927. The molecule has 2 aromatic heterocycles. The monoisotopic (exact) mass is 345 g/mol. The predicted molar refractivity (Wildman–Crippen MR) is 88.9 cm³/mol. The van der Waals surface area contributed by atoms with Crippen LogP contribution in [0.25, 0.3) is 0 Å². The van der Waals surface area contributed by atoms with E-state index in [9.17, 15) is 9.59 Å². The largest absolute Gasteiger partial charge is 0.349 e. The number of carbonyl (C=O) groups is 2. The van der Waals surface area contributed by atoms with Crippen molar-refractivity contribution in [3.8, 4) is 0 Å². The third-order valence-electron chi connectivity index (χ3n) is 3.89. The van der Waals surface area contributed by atoms with Crippen molar-refractivity contribution in [2.75, 3.05) is 6.54 Å². The lowest BCUT2D eigenvalue weighted by Gasteiger charge is -2.15. The average molecular weight is 345 g/mol. The molecule has 0 bridgehead atoms. The van der Waals surface area contributed by atoms with E-state index in [1.165, 1.54) is 11.3 Å². The fourth-order valence-electron chi connectivity index (χ4n) is 2.60. The Kier molecular flexibility index (Phi) is 5.14. The van der Waals surface area contributed by atoms with E-state index in [2.05, 4.69) is 20.5 Å². The van der Waals surface area contributed by atoms with E-state index in [4.69, 9.17) is 0 Å². The summed E-state index contributed by atoms with van der Waals surface area (Å²) in [6.07, 6.45) is 2.78. The highest BCUT2D eigenvalue weighted by atomic mass is 32.1. The summed E-state index contributed by atoms with van der Waals surface area (Å²) in [7, 11) is 0. The minimum Gasteiger partial charge on any atom is -0.349 e. The van der Waals surface area contributed by atoms with Crippen LogP contribution in [0.4, 0.5) is 0 Å². The maximum absolute atomic E-state index is 12.3. The standard InChI is InChI=1S/C16H19N5O2S/c1-2-13-19-20-14(24-13)8-18-16(23)11-7-15(22)21(9-11)10-12-5-3-4-6-17-12/h3-6,11H,2,7-10H2,1H3,(H,18,23)/t11-/m0/s1. The molecule has 1 aliphatic rings. The Balaban J connectivity index is 1.52. The van der Waals surface area contributed by atoms with Gasteiger partial charge in [-0.1, -0.05) is 24.3 Å². The summed E-state index contributed by atoms with van der Waals surface area (Å²) in [4.78, 5) is 30.3. The van der Waals surface area contributed by atoms with Gasteiger partial charge in [-0.05, 0) is 18.6 Å². The number of amides is 2. The van der Waals surface area contributed by atoms with E-state index in [1.54, 1.807) is 11.1 Å². The zero-order valence-electron chi connectivity index (χ0n) is 13.4. The number of aryl methyl sites for hydroxylation is 1. The number of hydrogen-bond acceptors (Lipinski definition) is 6. The molecule has 126 valence electrons. The summed E-state index contributed by atoms with van der Waals surface area (Å²) in [6.45, 7) is 3.25. The van der Waals surface area contributed by atoms with Crippen molar-refractivity contribution in [2.24, 2.45) is 5.92 Å². The summed E-state index contributed by atoms with van der Waals surface area (Å²) in [5, 5.41) is 12.7. The highest BCUT2D eigenvalue weighted by Crippen LogP contribution is 2.20. The van der Waals surface area contributed by atoms with Crippen molar-refractivity contribution < 1.29 is 9.59 Å². The smallest absolute Gasteiger partial charge is 0.225 e. The lowest BCUT2D eigenvalue weighted by molar-refractivity contribution is -0.129. The van der Waals surface area contributed by atoms with Gasteiger partial charge in [-0.15, -0.1) is 10.2 Å². The minimum atomic E-state index is -0.320. The molecular weight excluding hydrogens is 326 g/mol. The molecule has 1 N–H and O–H groups in total. The van der Waals surface area contributed by atoms with E-state index in [0.29, 0.717) is 19.6 Å². The van der Waals surface area contributed by atoms with Gasteiger partial charge in [0.15, 0.2) is 0 Å². The molecule has 0 radical (unpaired) electrons. The van der Waals surface area contributed by atoms with Crippen LogP contribution < -0.4 is 5.32 Å². The van der Waals surface area contributed by atoms with Crippen molar-refractivity contribution in [1.82, 2.24) is 25.4 Å². The summed E-state index contributed by atoms with van der Waals surface area (Å²) in [6, 6.07) is 5.60. The molecule has 3 heterocycles. The van der Waals surface area contributed by atoms with Crippen LogP contribution in [-0.2, 0) is 29.1 Å². The second kappa shape index (κ2) is 7.48. The second-order valence-corrected chi connectivity index (χ2v) is 6.80. The predicted octanol–water partition coefficient (Wildman–Crippen LogP) is 1.16. The SMILES string of the molecule is CCc1nnc(CNC(=O)[C@H]2CC(=O)N(Cc3ccccn3)C2)s1. The Bertz CT molecular complexity index is 718. The van der Waals surface area contributed by atoms with Crippen LogP contribution in [0.5, 0.6) is 0 Å². The molecule has 24 heavy (non-hydrogen) atoms. The van der Waals surface area contributed by atoms with Crippen LogP contribution in [0, 0.1) is 5.92 Å². The van der Waals surface area contributed by atoms with Crippen LogP contribution in [0.2, 0.25) is 0 Å². The molecule has 8 heteroatoms. The van der Waals surface area contributed by atoms with Gasteiger partial charge in [-0.3, -0.25) is 14.6 Å². The quantitative estimate of drug-likeness (QED) is 0.849. The van der Waals surface area contributed by atoms with Crippen molar-refractivity contribution in [3.05, 3.63) is 40.1 Å². The van der Waals surface area contributed by atoms with Crippen molar-refractivity contribution in [1.29, 1.82) is 0 Å². The summed E-state index contributed by atoms with van der Waals surface area (Å²) < 4.78 is 0. The van der Waals surface area contributed by atoms with Gasteiger partial charge < -0.3 is 10.2 Å². The number of likely N-dealkylation sites (tertiary alicyclic amines) is 1. The number of rotatable bonds is 6. The summed E-state index contributed by atoms with van der Waals surface area (Å²) in [5.74, 6) is -0.440. The maximum atomic E-state index is 12.3. The molecule has 7 nitrogen and oxygen atoms in total. The Morgan fingerprint density at radius 3 is 2.92 bits per heavy atom. The van der Waals surface area contributed by atoms with Crippen LogP contribution >= 0.6 is 11.3 Å². The number of nitrogens with zero attached hydrogens (tertiary/aromatic N) is 4. The first-order valence-electron chi connectivity index (χ1n) is 7.92. The first kappa shape index (κ1) is 16.5. The normalized spacial score (nSPS) is 17.3. The lowest BCUT2D eigenvalue weighted by Crippen LogP contribution is -2.32. The highest BCUT2D eigenvalue weighted by Gasteiger charge is 2.34.